The van der Waals surface area contributed by atoms with Crippen molar-refractivity contribution in [2.45, 2.75) is 37.0 Å². The molecule has 172 valence electrons. The molecule has 0 fully saturated rings. The van der Waals surface area contributed by atoms with E-state index in [0.717, 1.165) is 55.1 Å². The average molecular weight is 487 g/mol. The zero-order valence-electron chi connectivity index (χ0n) is 18.1. The molecule has 0 saturated heterocycles. The molecule has 1 aliphatic rings. The summed E-state index contributed by atoms with van der Waals surface area (Å²) < 4.78 is 28.9. The number of pyridine rings is 1. The number of halogens is 1. The normalized spacial score (nSPS) is 13.8. The molecule has 3 aromatic rings. The van der Waals surface area contributed by atoms with E-state index in [1.54, 1.807) is 0 Å². The van der Waals surface area contributed by atoms with Crippen LogP contribution in [0.4, 0.5) is 5.69 Å². The van der Waals surface area contributed by atoms with Gasteiger partial charge in [0, 0.05) is 17.3 Å². The minimum absolute atomic E-state index is 0.0187. The SMILES string of the molecule is CS(=O)(=O)c1ccc(Cl)c(NC(=O)COC(=O)c2c3c(nc4ccccc24)CCCCC3)c1. The number of aromatic nitrogens is 1. The molecule has 9 heteroatoms. The number of nitrogens with zero attached hydrogens (tertiary/aromatic N) is 1. The van der Waals surface area contributed by atoms with E-state index >= 15 is 0 Å². The van der Waals surface area contributed by atoms with Gasteiger partial charge >= 0.3 is 5.97 Å². The summed E-state index contributed by atoms with van der Waals surface area (Å²) in [7, 11) is -3.47. The molecule has 7 nitrogen and oxygen atoms in total. The third-order valence-corrected chi connectivity index (χ3v) is 7.04. The third kappa shape index (κ3) is 5.17. The lowest BCUT2D eigenvalue weighted by Crippen LogP contribution is -2.22. The summed E-state index contributed by atoms with van der Waals surface area (Å²) in [6.07, 6.45) is 5.64. The first-order valence-corrected chi connectivity index (χ1v) is 12.9. The number of ether oxygens (including phenoxy) is 1. The molecule has 0 aliphatic heterocycles. The van der Waals surface area contributed by atoms with Crippen molar-refractivity contribution in [2.75, 3.05) is 18.2 Å². The fourth-order valence-electron chi connectivity index (χ4n) is 4.00. The number of hydrogen-bond donors (Lipinski definition) is 1. The first-order chi connectivity index (χ1) is 15.7. The van der Waals surface area contributed by atoms with Crippen molar-refractivity contribution in [3.05, 3.63) is 64.3 Å². The van der Waals surface area contributed by atoms with Crippen molar-refractivity contribution in [1.82, 2.24) is 4.98 Å². The van der Waals surface area contributed by atoms with Crippen LogP contribution < -0.4 is 5.32 Å². The molecule has 0 spiro atoms. The Balaban J connectivity index is 1.55. The second-order valence-corrected chi connectivity index (χ2v) is 10.5. The summed E-state index contributed by atoms with van der Waals surface area (Å²) in [5.41, 5.74) is 3.11. The molecule has 1 heterocycles. The Morgan fingerprint density at radius 3 is 2.64 bits per heavy atom. The molecule has 0 atom stereocenters. The molecule has 4 rings (SSSR count). The lowest BCUT2D eigenvalue weighted by Gasteiger charge is -2.15. The highest BCUT2D eigenvalue weighted by Gasteiger charge is 2.23. The summed E-state index contributed by atoms with van der Waals surface area (Å²) >= 11 is 6.08. The number of aryl methyl sites for hydroxylation is 1. The Bertz CT molecular complexity index is 1350. The van der Waals surface area contributed by atoms with Gasteiger partial charge in [0.15, 0.2) is 16.4 Å². The Morgan fingerprint density at radius 1 is 1.09 bits per heavy atom. The van der Waals surface area contributed by atoms with E-state index in [2.05, 4.69) is 5.32 Å². The monoisotopic (exact) mass is 486 g/mol. The van der Waals surface area contributed by atoms with Gasteiger partial charge in [-0.2, -0.15) is 0 Å². The van der Waals surface area contributed by atoms with Gasteiger partial charge in [-0.05, 0) is 55.5 Å². The molecule has 1 aromatic heterocycles. The number of nitrogens with one attached hydrogen (secondary N) is 1. The zero-order valence-corrected chi connectivity index (χ0v) is 19.6. The summed E-state index contributed by atoms with van der Waals surface area (Å²) in [5, 5.41) is 3.39. The van der Waals surface area contributed by atoms with Crippen LogP contribution in [0.3, 0.4) is 0 Å². The molecule has 0 unspecified atom stereocenters. The van der Waals surface area contributed by atoms with Gasteiger partial charge in [-0.25, -0.2) is 13.2 Å². The number of esters is 1. The highest BCUT2D eigenvalue weighted by Crippen LogP contribution is 2.29. The average Bonchev–Trinajstić information content (AvgIpc) is 3.01. The van der Waals surface area contributed by atoms with Crippen molar-refractivity contribution in [2.24, 2.45) is 0 Å². The fraction of sp³-hybridized carbons (Fsp3) is 0.292. The number of benzene rings is 2. The van der Waals surface area contributed by atoms with Gasteiger partial charge in [-0.1, -0.05) is 36.2 Å². The van der Waals surface area contributed by atoms with Crippen molar-refractivity contribution in [3.63, 3.8) is 0 Å². The first-order valence-electron chi connectivity index (χ1n) is 10.6. The van der Waals surface area contributed by atoms with E-state index in [-0.39, 0.29) is 15.6 Å². The van der Waals surface area contributed by atoms with E-state index in [9.17, 15) is 18.0 Å². The molecule has 1 N–H and O–H groups in total. The van der Waals surface area contributed by atoms with E-state index < -0.39 is 28.3 Å². The van der Waals surface area contributed by atoms with Crippen molar-refractivity contribution in [1.29, 1.82) is 0 Å². The number of anilines is 1. The number of hydrogen-bond acceptors (Lipinski definition) is 6. The minimum Gasteiger partial charge on any atom is -0.452 e. The maximum absolute atomic E-state index is 13.1. The first kappa shape index (κ1) is 23.2. The summed E-state index contributed by atoms with van der Waals surface area (Å²) in [6.45, 7) is -0.538. The van der Waals surface area contributed by atoms with Gasteiger partial charge in [-0.15, -0.1) is 0 Å². The largest absolute Gasteiger partial charge is 0.452 e. The molecule has 1 aliphatic carbocycles. The number of carbonyl (C=O) groups is 2. The Morgan fingerprint density at radius 2 is 1.85 bits per heavy atom. The fourth-order valence-corrected chi connectivity index (χ4v) is 4.81. The van der Waals surface area contributed by atoms with E-state index in [4.69, 9.17) is 21.3 Å². The molecular formula is C24H23ClN2O5S. The second kappa shape index (κ2) is 9.49. The van der Waals surface area contributed by atoms with Gasteiger partial charge in [0.25, 0.3) is 5.91 Å². The van der Waals surface area contributed by atoms with Crippen LogP contribution in [0.15, 0.2) is 47.4 Å². The predicted octanol–water partition coefficient (Wildman–Crippen LogP) is 4.36. The van der Waals surface area contributed by atoms with Crippen LogP contribution in [0.5, 0.6) is 0 Å². The smallest absolute Gasteiger partial charge is 0.339 e. The summed E-state index contributed by atoms with van der Waals surface area (Å²) in [6, 6.07) is 11.4. The lowest BCUT2D eigenvalue weighted by molar-refractivity contribution is -0.119. The van der Waals surface area contributed by atoms with Gasteiger partial charge in [0.1, 0.15) is 0 Å². The maximum Gasteiger partial charge on any atom is 0.339 e. The number of sulfone groups is 1. The van der Waals surface area contributed by atoms with Crippen LogP contribution in [0.2, 0.25) is 5.02 Å². The quantitative estimate of drug-likeness (QED) is 0.424. The highest BCUT2D eigenvalue weighted by molar-refractivity contribution is 7.90. The van der Waals surface area contributed by atoms with Crippen molar-refractivity contribution >= 4 is 49.9 Å². The van der Waals surface area contributed by atoms with E-state index in [0.29, 0.717) is 10.9 Å². The topological polar surface area (TPSA) is 102 Å². The summed E-state index contributed by atoms with van der Waals surface area (Å²) in [4.78, 5) is 30.4. The molecule has 0 saturated carbocycles. The van der Waals surface area contributed by atoms with Gasteiger partial charge < -0.3 is 10.1 Å². The lowest BCUT2D eigenvalue weighted by atomic mass is 9.97. The number of carbonyl (C=O) groups excluding carboxylic acids is 2. The standard InChI is InChI=1S/C24H23ClN2O5S/c1-33(30,31)15-11-12-18(25)21(13-15)27-22(28)14-32-24(29)23-16-7-3-2-4-9-19(16)26-20-10-6-5-8-17(20)23/h5-6,8,10-13H,2-4,7,9,14H2,1H3,(H,27,28). The number of para-hydroxylation sites is 1. The number of rotatable bonds is 5. The van der Waals surface area contributed by atoms with Gasteiger partial charge in [-0.3, -0.25) is 9.78 Å². The van der Waals surface area contributed by atoms with Crippen LogP contribution in [0.1, 0.15) is 40.9 Å². The van der Waals surface area contributed by atoms with E-state index in [1.807, 2.05) is 24.3 Å². The van der Waals surface area contributed by atoms with Gasteiger partial charge in [0.2, 0.25) is 0 Å². The maximum atomic E-state index is 13.1. The minimum atomic E-state index is -3.47. The molecule has 0 bridgehead atoms. The zero-order chi connectivity index (χ0) is 23.6. The Kier molecular flexibility index (Phi) is 6.67. The van der Waals surface area contributed by atoms with Crippen molar-refractivity contribution in [3.8, 4) is 0 Å². The van der Waals surface area contributed by atoms with Gasteiger partial charge in [0.05, 0.1) is 26.7 Å². The highest BCUT2D eigenvalue weighted by atomic mass is 35.5. The molecular weight excluding hydrogens is 464 g/mol. The van der Waals surface area contributed by atoms with Crippen LogP contribution in [-0.4, -0.2) is 38.1 Å². The van der Waals surface area contributed by atoms with Crippen LogP contribution >= 0.6 is 11.6 Å². The third-order valence-electron chi connectivity index (χ3n) is 5.60. The number of fused-ring (bicyclic) bond motifs is 2. The predicted molar refractivity (Wildman–Crippen MR) is 126 cm³/mol. The number of amides is 1. The summed E-state index contributed by atoms with van der Waals surface area (Å²) in [5.74, 6) is -1.21. The second-order valence-electron chi connectivity index (χ2n) is 8.03. The van der Waals surface area contributed by atoms with Crippen LogP contribution in [-0.2, 0) is 32.2 Å². The molecule has 0 radical (unpaired) electrons. The molecule has 1 amide bonds. The van der Waals surface area contributed by atoms with E-state index in [1.165, 1.54) is 18.2 Å². The Labute approximate surface area is 197 Å². The van der Waals surface area contributed by atoms with Crippen LogP contribution in [0.25, 0.3) is 10.9 Å². The van der Waals surface area contributed by atoms with Crippen molar-refractivity contribution < 1.29 is 22.7 Å². The molecule has 2 aromatic carbocycles. The molecule has 33 heavy (non-hydrogen) atoms. The Hall–Kier alpha value is -2.97. The van der Waals surface area contributed by atoms with Crippen LogP contribution in [0, 0.1) is 0 Å².